The Balaban J connectivity index is 3.10. The molecule has 1 atom stereocenters. The summed E-state index contributed by atoms with van der Waals surface area (Å²) in [5.41, 5.74) is 5.60. The van der Waals surface area contributed by atoms with E-state index >= 15 is 0 Å². The molecule has 0 bridgehead atoms. The van der Waals surface area contributed by atoms with E-state index in [4.69, 9.17) is 27.2 Å². The second-order valence-electron chi connectivity index (χ2n) is 3.96. The van der Waals surface area contributed by atoms with E-state index in [0.29, 0.717) is 0 Å². The molecule has 1 rings (SSSR count). The van der Waals surface area contributed by atoms with Gasteiger partial charge in [0.25, 0.3) is 0 Å². The molecular formula is C12H15ClN2O4. The summed E-state index contributed by atoms with van der Waals surface area (Å²) >= 11 is 5.93. The predicted molar refractivity (Wildman–Crippen MR) is 71.8 cm³/mol. The highest BCUT2D eigenvalue weighted by molar-refractivity contribution is 6.34. The largest absolute Gasteiger partial charge is 0.496 e. The summed E-state index contributed by atoms with van der Waals surface area (Å²) in [7, 11) is 1.34. The lowest BCUT2D eigenvalue weighted by atomic mass is 10.1. The van der Waals surface area contributed by atoms with Gasteiger partial charge in [0.15, 0.2) is 0 Å². The lowest BCUT2D eigenvalue weighted by Gasteiger charge is -2.13. The van der Waals surface area contributed by atoms with Crippen molar-refractivity contribution in [3.8, 4) is 5.75 Å². The van der Waals surface area contributed by atoms with Gasteiger partial charge in [-0.2, -0.15) is 0 Å². The SMILES string of the molecule is COc1cc(NC(=O)C(C)CN)c(Cl)cc1C(=O)O. The number of hydrogen-bond donors (Lipinski definition) is 3. The molecule has 1 aromatic carbocycles. The Morgan fingerprint density at radius 1 is 1.53 bits per heavy atom. The Morgan fingerprint density at radius 3 is 2.63 bits per heavy atom. The number of halogens is 1. The second kappa shape index (κ2) is 6.40. The van der Waals surface area contributed by atoms with Crippen molar-refractivity contribution in [1.82, 2.24) is 0 Å². The number of benzene rings is 1. The smallest absolute Gasteiger partial charge is 0.339 e. The average molecular weight is 287 g/mol. The summed E-state index contributed by atoms with van der Waals surface area (Å²) in [6.07, 6.45) is 0. The number of carboxylic acid groups (broad SMARTS) is 1. The standard InChI is InChI=1S/C12H15ClN2O4/c1-6(5-14)11(16)15-9-4-10(19-2)7(12(17)18)3-8(9)13/h3-4,6H,5,14H2,1-2H3,(H,15,16)(H,17,18). The van der Waals surface area contributed by atoms with Gasteiger partial charge < -0.3 is 20.9 Å². The van der Waals surface area contributed by atoms with Gasteiger partial charge in [-0.3, -0.25) is 4.79 Å². The molecular weight excluding hydrogens is 272 g/mol. The summed E-state index contributed by atoms with van der Waals surface area (Å²) in [6, 6.07) is 2.60. The average Bonchev–Trinajstić information content (AvgIpc) is 2.39. The molecule has 0 spiro atoms. The zero-order valence-electron chi connectivity index (χ0n) is 10.6. The molecule has 1 aromatic rings. The van der Waals surface area contributed by atoms with E-state index in [-0.39, 0.29) is 40.4 Å². The van der Waals surface area contributed by atoms with Crippen molar-refractivity contribution in [3.05, 3.63) is 22.7 Å². The quantitative estimate of drug-likeness (QED) is 0.763. The minimum Gasteiger partial charge on any atom is -0.496 e. The van der Waals surface area contributed by atoms with Crippen LogP contribution in [0, 0.1) is 5.92 Å². The molecule has 4 N–H and O–H groups in total. The van der Waals surface area contributed by atoms with Crippen molar-refractivity contribution in [1.29, 1.82) is 0 Å². The number of carbonyl (C=O) groups excluding carboxylic acids is 1. The number of ether oxygens (including phenoxy) is 1. The summed E-state index contributed by atoms with van der Waals surface area (Å²) < 4.78 is 4.96. The first-order valence-corrected chi connectivity index (χ1v) is 5.90. The number of nitrogens with two attached hydrogens (primary N) is 1. The summed E-state index contributed by atoms with van der Waals surface area (Å²) in [4.78, 5) is 22.7. The van der Waals surface area contributed by atoms with E-state index in [0.717, 1.165) is 0 Å². The molecule has 0 saturated carbocycles. The number of nitrogens with one attached hydrogen (secondary N) is 1. The third-order valence-corrected chi connectivity index (χ3v) is 2.89. The van der Waals surface area contributed by atoms with E-state index in [1.165, 1.54) is 19.2 Å². The summed E-state index contributed by atoms with van der Waals surface area (Å²) in [5, 5.41) is 11.7. The molecule has 1 unspecified atom stereocenters. The van der Waals surface area contributed by atoms with Gasteiger partial charge in [0, 0.05) is 18.5 Å². The Morgan fingerprint density at radius 2 is 2.16 bits per heavy atom. The number of carboxylic acids is 1. The van der Waals surface area contributed by atoms with Gasteiger partial charge in [-0.05, 0) is 6.07 Å². The van der Waals surface area contributed by atoms with E-state index in [1.807, 2.05) is 0 Å². The van der Waals surface area contributed by atoms with Crippen LogP contribution in [0.3, 0.4) is 0 Å². The molecule has 0 aliphatic rings. The first-order chi connectivity index (χ1) is 8.90. The summed E-state index contributed by atoms with van der Waals surface area (Å²) in [5.74, 6) is -1.71. The fraction of sp³-hybridized carbons (Fsp3) is 0.333. The molecule has 104 valence electrons. The van der Waals surface area contributed by atoms with Crippen LogP contribution in [0.2, 0.25) is 5.02 Å². The number of carbonyl (C=O) groups is 2. The Labute approximate surface area is 115 Å². The van der Waals surface area contributed by atoms with Crippen LogP contribution in [-0.4, -0.2) is 30.6 Å². The van der Waals surface area contributed by atoms with Crippen molar-refractivity contribution in [2.75, 3.05) is 19.0 Å². The fourth-order valence-corrected chi connectivity index (χ4v) is 1.56. The molecule has 0 heterocycles. The number of aromatic carboxylic acids is 1. The molecule has 0 aliphatic heterocycles. The van der Waals surface area contributed by atoms with Crippen LogP contribution < -0.4 is 15.8 Å². The van der Waals surface area contributed by atoms with Crippen molar-refractivity contribution in [2.45, 2.75) is 6.92 Å². The molecule has 1 amide bonds. The molecule has 0 radical (unpaired) electrons. The third kappa shape index (κ3) is 3.59. The van der Waals surface area contributed by atoms with Crippen LogP contribution in [0.1, 0.15) is 17.3 Å². The lowest BCUT2D eigenvalue weighted by Crippen LogP contribution is -2.26. The topological polar surface area (TPSA) is 102 Å². The maximum absolute atomic E-state index is 11.7. The molecule has 0 aliphatic carbocycles. The van der Waals surface area contributed by atoms with Gasteiger partial charge in [0.2, 0.25) is 5.91 Å². The van der Waals surface area contributed by atoms with Gasteiger partial charge in [-0.1, -0.05) is 18.5 Å². The van der Waals surface area contributed by atoms with E-state index in [2.05, 4.69) is 5.32 Å². The number of anilines is 1. The van der Waals surface area contributed by atoms with Crippen molar-refractivity contribution in [2.24, 2.45) is 11.7 Å². The molecule has 7 heteroatoms. The maximum Gasteiger partial charge on any atom is 0.339 e. The van der Waals surface area contributed by atoms with E-state index in [1.54, 1.807) is 6.92 Å². The Kier molecular flexibility index (Phi) is 5.14. The number of rotatable bonds is 5. The first kappa shape index (κ1) is 15.3. The van der Waals surface area contributed by atoms with Gasteiger partial charge in [0.05, 0.1) is 17.8 Å². The van der Waals surface area contributed by atoms with Crippen LogP contribution >= 0.6 is 11.6 Å². The number of hydrogen-bond acceptors (Lipinski definition) is 4. The monoisotopic (exact) mass is 286 g/mol. The van der Waals surface area contributed by atoms with Gasteiger partial charge in [-0.15, -0.1) is 0 Å². The first-order valence-electron chi connectivity index (χ1n) is 5.52. The fourth-order valence-electron chi connectivity index (χ4n) is 1.35. The highest BCUT2D eigenvalue weighted by Gasteiger charge is 2.17. The van der Waals surface area contributed by atoms with Crippen LogP contribution in [0.5, 0.6) is 5.75 Å². The van der Waals surface area contributed by atoms with Crippen molar-refractivity contribution >= 4 is 29.2 Å². The minimum atomic E-state index is -1.16. The molecule has 0 fully saturated rings. The highest BCUT2D eigenvalue weighted by atomic mass is 35.5. The van der Waals surface area contributed by atoms with Crippen LogP contribution in [-0.2, 0) is 4.79 Å². The molecule has 19 heavy (non-hydrogen) atoms. The lowest BCUT2D eigenvalue weighted by molar-refractivity contribution is -0.119. The predicted octanol–water partition coefficient (Wildman–Crippen LogP) is 1.58. The Hall–Kier alpha value is -1.79. The zero-order chi connectivity index (χ0) is 14.6. The summed E-state index contributed by atoms with van der Waals surface area (Å²) in [6.45, 7) is 1.87. The zero-order valence-corrected chi connectivity index (χ0v) is 11.3. The van der Waals surface area contributed by atoms with E-state index < -0.39 is 5.97 Å². The second-order valence-corrected chi connectivity index (χ2v) is 4.37. The van der Waals surface area contributed by atoms with E-state index in [9.17, 15) is 9.59 Å². The third-order valence-electron chi connectivity index (χ3n) is 2.58. The van der Waals surface area contributed by atoms with Crippen LogP contribution in [0.25, 0.3) is 0 Å². The Bertz CT molecular complexity index is 505. The van der Waals surface area contributed by atoms with Crippen LogP contribution in [0.4, 0.5) is 5.69 Å². The van der Waals surface area contributed by atoms with Crippen LogP contribution in [0.15, 0.2) is 12.1 Å². The molecule has 0 saturated heterocycles. The number of amides is 1. The maximum atomic E-state index is 11.7. The van der Waals surface area contributed by atoms with Gasteiger partial charge in [0.1, 0.15) is 11.3 Å². The molecule has 0 aromatic heterocycles. The normalized spacial score (nSPS) is 11.8. The highest BCUT2D eigenvalue weighted by Crippen LogP contribution is 2.31. The van der Waals surface area contributed by atoms with Crippen molar-refractivity contribution < 1.29 is 19.4 Å². The molecule has 6 nitrogen and oxygen atoms in total. The van der Waals surface area contributed by atoms with Gasteiger partial charge >= 0.3 is 5.97 Å². The minimum absolute atomic E-state index is 0.0719. The number of methoxy groups -OCH3 is 1. The van der Waals surface area contributed by atoms with Crippen molar-refractivity contribution in [3.63, 3.8) is 0 Å². The van der Waals surface area contributed by atoms with Gasteiger partial charge in [-0.25, -0.2) is 4.79 Å².